The Morgan fingerprint density at radius 1 is 1.60 bits per heavy atom. The van der Waals surface area contributed by atoms with Gasteiger partial charge >= 0.3 is 0 Å². The third kappa shape index (κ3) is 1.06. The van der Waals surface area contributed by atoms with Crippen LogP contribution in [0.3, 0.4) is 0 Å². The maximum Gasteiger partial charge on any atom is 0.124 e. The highest BCUT2D eigenvalue weighted by atomic mass is 14.9. The van der Waals surface area contributed by atoms with Crippen molar-refractivity contribution in [2.75, 3.05) is 0 Å². The van der Waals surface area contributed by atoms with Gasteiger partial charge in [-0.15, -0.1) is 0 Å². The molecule has 0 unspecified atom stereocenters. The van der Waals surface area contributed by atoms with E-state index in [-0.39, 0.29) is 0 Å². The van der Waals surface area contributed by atoms with E-state index in [1.165, 1.54) is 0 Å². The number of hydrogen-bond acceptors (Lipinski definition) is 2. The summed E-state index contributed by atoms with van der Waals surface area (Å²) in [5.41, 5.74) is 0.984. The molecule has 0 fully saturated rings. The zero-order valence-electron chi connectivity index (χ0n) is 5.63. The minimum Gasteiger partial charge on any atom is -0.335 e. The van der Waals surface area contributed by atoms with Gasteiger partial charge in [-0.25, -0.2) is 0 Å². The van der Waals surface area contributed by atoms with E-state index in [0.717, 1.165) is 0 Å². The molecular weight excluding hydrogens is 126 g/mol. The van der Waals surface area contributed by atoms with Crippen LogP contribution < -0.4 is 5.49 Å². The van der Waals surface area contributed by atoms with E-state index >= 15 is 0 Å². The Morgan fingerprint density at radius 2 is 2.30 bits per heavy atom. The first-order valence-corrected chi connectivity index (χ1v) is 2.85. The van der Waals surface area contributed by atoms with Crippen LogP contribution in [0.25, 0.3) is 0 Å². The summed E-state index contributed by atoms with van der Waals surface area (Å²) in [5, 5.41) is 15.7. The topological polar surface area (TPSA) is 52.6 Å². The van der Waals surface area contributed by atoms with Gasteiger partial charge in [0.15, 0.2) is 0 Å². The number of rotatable bonds is 0. The van der Waals surface area contributed by atoms with Gasteiger partial charge < -0.3 is 4.57 Å². The lowest BCUT2D eigenvalue weighted by Crippen LogP contribution is -2.14. The van der Waals surface area contributed by atoms with Gasteiger partial charge in [0.1, 0.15) is 11.6 Å². The molecule has 1 rings (SSSR count). The third-order valence-electron chi connectivity index (χ3n) is 1.26. The first-order valence-electron chi connectivity index (χ1n) is 2.85. The van der Waals surface area contributed by atoms with Crippen molar-refractivity contribution in [3.63, 3.8) is 0 Å². The summed E-state index contributed by atoms with van der Waals surface area (Å²) in [6, 6.07) is 5.21. The van der Waals surface area contributed by atoms with Gasteiger partial charge in [-0.3, -0.25) is 5.41 Å². The Labute approximate surface area is 58.7 Å². The molecule has 0 bridgehead atoms. The summed E-state index contributed by atoms with van der Waals surface area (Å²) in [6.45, 7) is 0. The molecule has 0 aromatic carbocycles. The zero-order chi connectivity index (χ0) is 7.56. The van der Waals surface area contributed by atoms with Crippen LogP contribution in [0.4, 0.5) is 0 Å². The van der Waals surface area contributed by atoms with Gasteiger partial charge in [0.25, 0.3) is 0 Å². The maximum atomic E-state index is 8.43. The highest BCUT2D eigenvalue weighted by molar-refractivity contribution is 5.24. The van der Waals surface area contributed by atoms with Crippen LogP contribution in [0.5, 0.6) is 0 Å². The molecule has 0 saturated carbocycles. The molecular formula is C7H7N3. The number of aryl methyl sites for hydroxylation is 1. The normalized spacial score (nSPS) is 8.80. The van der Waals surface area contributed by atoms with Crippen LogP contribution in [0, 0.1) is 16.7 Å². The van der Waals surface area contributed by atoms with Crippen molar-refractivity contribution in [3.05, 3.63) is 29.4 Å². The molecule has 1 aromatic rings. The second-order valence-electron chi connectivity index (χ2n) is 2.03. The third-order valence-corrected chi connectivity index (χ3v) is 1.26. The zero-order valence-corrected chi connectivity index (χ0v) is 5.63. The van der Waals surface area contributed by atoms with E-state index in [1.807, 2.05) is 6.07 Å². The molecule has 1 N–H and O–H groups in total. The maximum absolute atomic E-state index is 8.43. The van der Waals surface area contributed by atoms with E-state index in [9.17, 15) is 0 Å². The first kappa shape index (κ1) is 6.56. The van der Waals surface area contributed by atoms with Crippen molar-refractivity contribution in [3.8, 4) is 6.07 Å². The number of aromatic nitrogens is 1. The summed E-state index contributed by atoms with van der Waals surface area (Å²) in [5.74, 6) is 0. The second kappa shape index (κ2) is 2.36. The Kier molecular flexibility index (Phi) is 1.55. The molecule has 0 saturated heterocycles. The molecule has 10 heavy (non-hydrogen) atoms. The van der Waals surface area contributed by atoms with Crippen LogP contribution in [-0.4, -0.2) is 4.57 Å². The number of nitriles is 1. The summed E-state index contributed by atoms with van der Waals surface area (Å²) in [6.07, 6.45) is 1.63. The van der Waals surface area contributed by atoms with Crippen molar-refractivity contribution >= 4 is 0 Å². The summed E-state index contributed by atoms with van der Waals surface area (Å²) in [7, 11) is 1.74. The predicted molar refractivity (Wildman–Crippen MR) is 36.0 cm³/mol. The van der Waals surface area contributed by atoms with Crippen LogP contribution in [0.15, 0.2) is 18.3 Å². The fraction of sp³-hybridized carbons (Fsp3) is 0.143. The molecule has 0 radical (unpaired) electrons. The standard InChI is InChI=1S/C7H7N3/c1-10-5-6(4-8)2-3-7(10)9/h2-3,5,9H,1H3. The predicted octanol–water partition coefficient (Wildman–Crippen LogP) is 0.376. The van der Waals surface area contributed by atoms with Crippen LogP contribution in [0.1, 0.15) is 5.56 Å². The van der Waals surface area contributed by atoms with Crippen molar-refractivity contribution in [2.45, 2.75) is 0 Å². The molecule has 50 valence electrons. The van der Waals surface area contributed by atoms with Crippen LogP contribution >= 0.6 is 0 Å². The van der Waals surface area contributed by atoms with E-state index in [0.29, 0.717) is 11.1 Å². The van der Waals surface area contributed by atoms with E-state index in [2.05, 4.69) is 0 Å². The van der Waals surface area contributed by atoms with Gasteiger partial charge in [-0.05, 0) is 12.1 Å². The summed E-state index contributed by atoms with van der Waals surface area (Å²) < 4.78 is 1.60. The molecule has 1 heterocycles. The summed E-state index contributed by atoms with van der Waals surface area (Å²) in [4.78, 5) is 0. The Balaban J connectivity index is 3.34. The highest BCUT2D eigenvalue weighted by Crippen LogP contribution is 1.89. The molecule has 1 aromatic heterocycles. The summed E-state index contributed by atoms with van der Waals surface area (Å²) >= 11 is 0. The van der Waals surface area contributed by atoms with E-state index in [4.69, 9.17) is 10.7 Å². The highest BCUT2D eigenvalue weighted by Gasteiger charge is 1.88. The minimum absolute atomic E-state index is 0.402. The lowest BCUT2D eigenvalue weighted by molar-refractivity contribution is 0.814. The monoisotopic (exact) mass is 133 g/mol. The van der Waals surface area contributed by atoms with Crippen LogP contribution in [-0.2, 0) is 7.05 Å². The van der Waals surface area contributed by atoms with Gasteiger partial charge in [0.2, 0.25) is 0 Å². The van der Waals surface area contributed by atoms with Gasteiger partial charge in [-0.2, -0.15) is 5.26 Å². The molecule has 0 amide bonds. The average Bonchev–Trinajstić information content (AvgIpc) is 1.95. The fourth-order valence-corrected chi connectivity index (χ4v) is 0.674. The SMILES string of the molecule is Cn1cc(C#N)ccc1=N. The Bertz CT molecular complexity index is 329. The van der Waals surface area contributed by atoms with Crippen molar-refractivity contribution < 1.29 is 0 Å². The lowest BCUT2D eigenvalue weighted by atomic mass is 10.3. The van der Waals surface area contributed by atoms with Gasteiger partial charge in [-0.1, -0.05) is 0 Å². The Morgan fingerprint density at radius 3 is 2.80 bits per heavy atom. The average molecular weight is 133 g/mol. The van der Waals surface area contributed by atoms with Gasteiger partial charge in [0, 0.05) is 13.2 Å². The second-order valence-corrected chi connectivity index (χ2v) is 2.03. The number of hydrogen-bond donors (Lipinski definition) is 1. The molecule has 3 heteroatoms. The Hall–Kier alpha value is -1.56. The van der Waals surface area contributed by atoms with Crippen molar-refractivity contribution in [2.24, 2.45) is 7.05 Å². The molecule has 0 aliphatic heterocycles. The van der Waals surface area contributed by atoms with Gasteiger partial charge in [0.05, 0.1) is 5.56 Å². The quantitative estimate of drug-likeness (QED) is 0.546. The fourth-order valence-electron chi connectivity index (χ4n) is 0.674. The largest absolute Gasteiger partial charge is 0.335 e. The molecule has 0 aliphatic rings. The number of pyridine rings is 1. The van der Waals surface area contributed by atoms with Crippen LogP contribution in [0.2, 0.25) is 0 Å². The molecule has 0 aliphatic carbocycles. The first-order chi connectivity index (χ1) is 4.74. The number of nitrogens with zero attached hydrogens (tertiary/aromatic N) is 2. The smallest absolute Gasteiger partial charge is 0.124 e. The lowest BCUT2D eigenvalue weighted by Gasteiger charge is -1.95. The van der Waals surface area contributed by atoms with Crippen molar-refractivity contribution in [1.82, 2.24) is 4.57 Å². The molecule has 0 spiro atoms. The molecule has 3 nitrogen and oxygen atoms in total. The minimum atomic E-state index is 0.402. The molecule has 0 atom stereocenters. The van der Waals surface area contributed by atoms with Crippen molar-refractivity contribution in [1.29, 1.82) is 10.7 Å². The number of nitrogens with one attached hydrogen (secondary N) is 1. The van der Waals surface area contributed by atoms with E-state index < -0.39 is 0 Å². The van der Waals surface area contributed by atoms with E-state index in [1.54, 1.807) is 29.9 Å².